The van der Waals surface area contributed by atoms with E-state index in [0.717, 1.165) is 11.1 Å². The van der Waals surface area contributed by atoms with Crippen molar-refractivity contribution in [1.82, 2.24) is 0 Å². The van der Waals surface area contributed by atoms with Crippen LogP contribution in [0.5, 0.6) is 0 Å². The summed E-state index contributed by atoms with van der Waals surface area (Å²) < 4.78 is 12.9. The van der Waals surface area contributed by atoms with E-state index in [2.05, 4.69) is 0 Å². The van der Waals surface area contributed by atoms with Gasteiger partial charge in [0.2, 0.25) is 0 Å². The van der Waals surface area contributed by atoms with Gasteiger partial charge in [0.1, 0.15) is 5.82 Å². The van der Waals surface area contributed by atoms with Crippen LogP contribution in [-0.2, 0) is 5.41 Å². The molecule has 2 rings (SSSR count). The van der Waals surface area contributed by atoms with Crippen LogP contribution in [0.2, 0.25) is 0 Å². The van der Waals surface area contributed by atoms with Gasteiger partial charge in [-0.05, 0) is 40.1 Å². The van der Waals surface area contributed by atoms with Crippen LogP contribution in [0.1, 0.15) is 31.1 Å². The lowest BCUT2D eigenvalue weighted by Crippen LogP contribution is -2.26. The largest absolute Gasteiger partial charge is 0.387 e. The number of rotatable bonds is 3. The molecule has 0 aliphatic carbocycles. The summed E-state index contributed by atoms with van der Waals surface area (Å²) >= 11 is 1.56. The van der Waals surface area contributed by atoms with Gasteiger partial charge in [-0.3, -0.25) is 0 Å². The highest BCUT2D eigenvalue weighted by molar-refractivity contribution is 7.07. The Balaban J connectivity index is 2.32. The van der Waals surface area contributed by atoms with E-state index in [1.807, 2.05) is 30.7 Å². The molecule has 0 saturated heterocycles. The molecule has 1 N–H and O–H groups in total. The normalized spacial score (nSPS) is 13.6. The molecule has 0 saturated carbocycles. The summed E-state index contributed by atoms with van der Waals surface area (Å²) in [7, 11) is 0. The maximum Gasteiger partial charge on any atom is 0.123 e. The topological polar surface area (TPSA) is 20.2 Å². The molecule has 1 nitrogen and oxygen atoms in total. The number of halogens is 1. The number of aliphatic hydroxyl groups excluding tert-OH is 1. The monoisotopic (exact) mass is 250 g/mol. The summed E-state index contributed by atoms with van der Waals surface area (Å²) in [6, 6.07) is 8.23. The van der Waals surface area contributed by atoms with Crippen molar-refractivity contribution in [3.8, 4) is 0 Å². The minimum atomic E-state index is -0.584. The molecule has 1 heterocycles. The molecule has 0 radical (unpaired) electrons. The summed E-state index contributed by atoms with van der Waals surface area (Å²) in [6.45, 7) is 3.92. The Bertz CT molecular complexity index is 473. The molecular weight excluding hydrogens is 235 g/mol. The number of thiophene rings is 1. The second-order valence-corrected chi connectivity index (χ2v) is 5.47. The fourth-order valence-corrected chi connectivity index (χ4v) is 2.56. The van der Waals surface area contributed by atoms with Crippen LogP contribution < -0.4 is 0 Å². The van der Waals surface area contributed by atoms with E-state index in [-0.39, 0.29) is 5.82 Å². The zero-order valence-corrected chi connectivity index (χ0v) is 10.7. The van der Waals surface area contributed by atoms with Crippen LogP contribution in [-0.4, -0.2) is 5.11 Å². The molecule has 1 aromatic carbocycles. The van der Waals surface area contributed by atoms with Gasteiger partial charge in [0, 0.05) is 5.41 Å². The molecule has 17 heavy (non-hydrogen) atoms. The zero-order chi connectivity index (χ0) is 12.5. The summed E-state index contributed by atoms with van der Waals surface area (Å²) in [4.78, 5) is 0. The molecule has 3 heteroatoms. The third kappa shape index (κ3) is 2.40. The van der Waals surface area contributed by atoms with Crippen molar-refractivity contribution in [3.63, 3.8) is 0 Å². The van der Waals surface area contributed by atoms with Crippen LogP contribution in [0.4, 0.5) is 4.39 Å². The van der Waals surface area contributed by atoms with Crippen molar-refractivity contribution in [2.24, 2.45) is 0 Å². The van der Waals surface area contributed by atoms with E-state index >= 15 is 0 Å². The van der Waals surface area contributed by atoms with Crippen molar-refractivity contribution in [1.29, 1.82) is 0 Å². The lowest BCUT2D eigenvalue weighted by Gasteiger charge is -2.30. The number of benzene rings is 1. The SMILES string of the molecule is CC(C)(c1ccc(F)cc1)C(O)c1ccsc1. The van der Waals surface area contributed by atoms with Crippen LogP contribution in [0.3, 0.4) is 0 Å². The first-order valence-electron chi connectivity index (χ1n) is 5.48. The highest BCUT2D eigenvalue weighted by Crippen LogP contribution is 2.37. The van der Waals surface area contributed by atoms with E-state index < -0.39 is 11.5 Å². The molecule has 90 valence electrons. The maximum absolute atomic E-state index is 12.9. The first-order valence-corrected chi connectivity index (χ1v) is 6.42. The van der Waals surface area contributed by atoms with Gasteiger partial charge in [-0.2, -0.15) is 11.3 Å². The molecule has 0 fully saturated rings. The molecular formula is C14H15FOS. The van der Waals surface area contributed by atoms with E-state index in [0.29, 0.717) is 0 Å². The van der Waals surface area contributed by atoms with Gasteiger partial charge in [0.15, 0.2) is 0 Å². The fourth-order valence-electron chi connectivity index (χ4n) is 1.88. The average Bonchev–Trinajstić information content (AvgIpc) is 2.82. The Hall–Kier alpha value is -1.19. The molecule has 1 unspecified atom stereocenters. The first-order chi connectivity index (χ1) is 8.01. The minimum Gasteiger partial charge on any atom is -0.387 e. The summed E-state index contributed by atoms with van der Waals surface area (Å²) in [5.41, 5.74) is 1.40. The van der Waals surface area contributed by atoms with Gasteiger partial charge in [0.05, 0.1) is 6.10 Å². The predicted molar refractivity (Wildman–Crippen MR) is 68.7 cm³/mol. The highest BCUT2D eigenvalue weighted by Gasteiger charge is 2.31. The number of hydrogen-bond acceptors (Lipinski definition) is 2. The minimum absolute atomic E-state index is 0.255. The van der Waals surface area contributed by atoms with Crippen molar-refractivity contribution < 1.29 is 9.50 Å². The van der Waals surface area contributed by atoms with Crippen molar-refractivity contribution in [3.05, 3.63) is 58.0 Å². The number of hydrogen-bond donors (Lipinski definition) is 1. The Labute approximate surface area is 105 Å². The third-order valence-electron chi connectivity index (χ3n) is 3.13. The Morgan fingerprint density at radius 3 is 2.35 bits per heavy atom. The first kappa shape index (κ1) is 12.3. The molecule has 0 aliphatic heterocycles. The number of aliphatic hydroxyl groups is 1. The second kappa shape index (κ2) is 4.59. The molecule has 0 amide bonds. The Kier molecular flexibility index (Phi) is 3.31. The van der Waals surface area contributed by atoms with E-state index in [1.165, 1.54) is 12.1 Å². The highest BCUT2D eigenvalue weighted by atomic mass is 32.1. The van der Waals surface area contributed by atoms with Crippen molar-refractivity contribution in [2.45, 2.75) is 25.4 Å². The van der Waals surface area contributed by atoms with Crippen molar-refractivity contribution in [2.75, 3.05) is 0 Å². The standard InChI is InChI=1S/C14H15FOS/c1-14(2,11-3-5-12(15)6-4-11)13(16)10-7-8-17-9-10/h3-9,13,16H,1-2H3. The van der Waals surface area contributed by atoms with Gasteiger partial charge >= 0.3 is 0 Å². The Morgan fingerprint density at radius 1 is 1.18 bits per heavy atom. The van der Waals surface area contributed by atoms with Crippen LogP contribution in [0.15, 0.2) is 41.1 Å². The zero-order valence-electron chi connectivity index (χ0n) is 9.85. The molecule has 0 aliphatic rings. The third-order valence-corrected chi connectivity index (χ3v) is 3.83. The second-order valence-electron chi connectivity index (χ2n) is 4.69. The van der Waals surface area contributed by atoms with E-state index in [4.69, 9.17) is 0 Å². The van der Waals surface area contributed by atoms with Gasteiger partial charge in [-0.1, -0.05) is 26.0 Å². The lowest BCUT2D eigenvalue weighted by molar-refractivity contribution is 0.101. The van der Waals surface area contributed by atoms with E-state index in [9.17, 15) is 9.50 Å². The van der Waals surface area contributed by atoms with Gasteiger partial charge < -0.3 is 5.11 Å². The van der Waals surface area contributed by atoms with Crippen LogP contribution in [0.25, 0.3) is 0 Å². The molecule has 0 bridgehead atoms. The summed E-state index contributed by atoms with van der Waals surface area (Å²) in [5, 5.41) is 14.3. The average molecular weight is 250 g/mol. The summed E-state index contributed by atoms with van der Waals surface area (Å²) in [5.74, 6) is -0.255. The Morgan fingerprint density at radius 2 is 1.82 bits per heavy atom. The molecule has 1 atom stereocenters. The predicted octanol–water partition coefficient (Wildman–Crippen LogP) is 3.90. The van der Waals surface area contributed by atoms with Gasteiger partial charge in [-0.25, -0.2) is 4.39 Å². The quantitative estimate of drug-likeness (QED) is 0.876. The van der Waals surface area contributed by atoms with Crippen LogP contribution >= 0.6 is 11.3 Å². The van der Waals surface area contributed by atoms with Gasteiger partial charge in [0.25, 0.3) is 0 Å². The van der Waals surface area contributed by atoms with Crippen LogP contribution in [0, 0.1) is 5.82 Å². The maximum atomic E-state index is 12.9. The van der Waals surface area contributed by atoms with E-state index in [1.54, 1.807) is 23.5 Å². The van der Waals surface area contributed by atoms with Gasteiger partial charge in [-0.15, -0.1) is 0 Å². The van der Waals surface area contributed by atoms with Crippen molar-refractivity contribution >= 4 is 11.3 Å². The molecule has 2 aromatic rings. The smallest absolute Gasteiger partial charge is 0.123 e. The molecule has 1 aromatic heterocycles. The lowest BCUT2D eigenvalue weighted by atomic mass is 9.77. The molecule has 0 spiro atoms. The fraction of sp³-hybridized carbons (Fsp3) is 0.286. The summed E-state index contributed by atoms with van der Waals surface area (Å²) in [6.07, 6.45) is -0.584.